The van der Waals surface area contributed by atoms with Crippen LogP contribution >= 0.6 is 11.6 Å². The Morgan fingerprint density at radius 2 is 1.90 bits per heavy atom. The molecule has 2 rings (SSSR count). The lowest BCUT2D eigenvalue weighted by Gasteiger charge is -2.23. The summed E-state index contributed by atoms with van der Waals surface area (Å²) in [6.07, 6.45) is 0. The Labute approximate surface area is 128 Å². The fourth-order valence-corrected chi connectivity index (χ4v) is 2.27. The van der Waals surface area contributed by atoms with E-state index in [1.54, 1.807) is 24.3 Å². The van der Waals surface area contributed by atoms with Crippen LogP contribution < -0.4 is 15.5 Å². The van der Waals surface area contributed by atoms with Crippen molar-refractivity contribution < 1.29 is 19.2 Å². The third-order valence-electron chi connectivity index (χ3n) is 3.29. The molecule has 1 heterocycles. The fourth-order valence-electron chi connectivity index (χ4n) is 2.08. The molecule has 1 fully saturated rings. The van der Waals surface area contributed by atoms with Crippen LogP contribution in [0.3, 0.4) is 0 Å². The Morgan fingerprint density at radius 1 is 1.19 bits per heavy atom. The van der Waals surface area contributed by atoms with Gasteiger partial charge in [-0.05, 0) is 12.1 Å². The smallest absolute Gasteiger partial charge is 0.313 e. The predicted molar refractivity (Wildman–Crippen MR) is 79.5 cm³/mol. The molecule has 2 amide bonds. The third-order valence-corrected chi connectivity index (χ3v) is 3.62. The fraction of sp³-hybridized carbons (Fsp3) is 0.429. The summed E-state index contributed by atoms with van der Waals surface area (Å²) in [6, 6.07) is 6.78. The Kier molecular flexibility index (Phi) is 5.98. The zero-order valence-electron chi connectivity index (χ0n) is 11.7. The minimum Gasteiger partial charge on any atom is -0.370 e. The number of anilines is 1. The standard InChI is InChI=1S/C14H18ClN3O3/c15-11-3-1-2-4-12(11)17-14(20)13(19)16-5-6-18-7-9-21-10-8-18/h1-4H,5-10H2,(H,16,19)(H,17,20)/p+1. The number of carbonyl (C=O) groups is 2. The van der Waals surface area contributed by atoms with Crippen molar-refractivity contribution in [2.75, 3.05) is 44.7 Å². The highest BCUT2D eigenvalue weighted by Gasteiger charge is 2.17. The van der Waals surface area contributed by atoms with Gasteiger partial charge in [0.2, 0.25) is 0 Å². The van der Waals surface area contributed by atoms with Gasteiger partial charge in [-0.2, -0.15) is 0 Å². The Hall–Kier alpha value is -1.63. The average molecular weight is 313 g/mol. The number of halogens is 1. The van der Waals surface area contributed by atoms with Crippen molar-refractivity contribution in [3.05, 3.63) is 29.3 Å². The van der Waals surface area contributed by atoms with Crippen LogP contribution in [0, 0.1) is 0 Å². The van der Waals surface area contributed by atoms with Gasteiger partial charge in [0.05, 0.1) is 37.0 Å². The lowest BCUT2D eigenvalue weighted by molar-refractivity contribution is -0.906. The maximum atomic E-state index is 11.7. The van der Waals surface area contributed by atoms with Crippen molar-refractivity contribution in [2.45, 2.75) is 0 Å². The SMILES string of the molecule is O=C(NCC[NH+]1CCOCC1)C(=O)Nc1ccccc1Cl. The lowest BCUT2D eigenvalue weighted by atomic mass is 10.3. The van der Waals surface area contributed by atoms with E-state index in [-0.39, 0.29) is 0 Å². The van der Waals surface area contributed by atoms with Gasteiger partial charge in [-0.3, -0.25) is 9.59 Å². The van der Waals surface area contributed by atoms with Crippen molar-refractivity contribution >= 4 is 29.1 Å². The van der Waals surface area contributed by atoms with Crippen molar-refractivity contribution in [2.24, 2.45) is 0 Å². The van der Waals surface area contributed by atoms with Crippen LogP contribution in [-0.2, 0) is 14.3 Å². The highest BCUT2D eigenvalue weighted by molar-refractivity contribution is 6.41. The number of hydrogen-bond acceptors (Lipinski definition) is 3. The Bertz CT molecular complexity index is 504. The third kappa shape index (κ3) is 5.00. The van der Waals surface area contributed by atoms with Gasteiger partial charge >= 0.3 is 11.8 Å². The van der Waals surface area contributed by atoms with Crippen LogP contribution in [0.2, 0.25) is 5.02 Å². The molecule has 0 bridgehead atoms. The van der Waals surface area contributed by atoms with Gasteiger partial charge in [-0.1, -0.05) is 23.7 Å². The predicted octanol–water partition coefficient (Wildman–Crippen LogP) is -0.690. The number of quaternary nitrogens is 1. The first kappa shape index (κ1) is 15.8. The average Bonchev–Trinajstić information content (AvgIpc) is 2.50. The first-order chi connectivity index (χ1) is 10.2. The maximum absolute atomic E-state index is 11.7. The second-order valence-electron chi connectivity index (χ2n) is 4.80. The molecule has 21 heavy (non-hydrogen) atoms. The summed E-state index contributed by atoms with van der Waals surface area (Å²) in [5.41, 5.74) is 0.429. The summed E-state index contributed by atoms with van der Waals surface area (Å²) in [7, 11) is 0. The number of morpholine rings is 1. The van der Waals surface area contributed by atoms with Crippen LogP contribution in [0.1, 0.15) is 0 Å². The number of hydrogen-bond donors (Lipinski definition) is 3. The highest BCUT2D eigenvalue weighted by atomic mass is 35.5. The summed E-state index contributed by atoms with van der Waals surface area (Å²) in [5, 5.41) is 5.50. The molecule has 1 aromatic rings. The highest BCUT2D eigenvalue weighted by Crippen LogP contribution is 2.19. The molecule has 1 aromatic carbocycles. The van der Waals surface area contributed by atoms with E-state index >= 15 is 0 Å². The second-order valence-corrected chi connectivity index (χ2v) is 5.21. The normalized spacial score (nSPS) is 15.5. The molecular formula is C14H19ClN3O3+. The van der Waals surface area contributed by atoms with Crippen LogP contribution in [0.15, 0.2) is 24.3 Å². The number of rotatable bonds is 4. The molecule has 114 valence electrons. The molecular weight excluding hydrogens is 294 g/mol. The van der Waals surface area contributed by atoms with Crippen LogP contribution in [-0.4, -0.2) is 51.2 Å². The number of nitrogens with one attached hydrogen (secondary N) is 3. The molecule has 0 aromatic heterocycles. The second kappa shape index (κ2) is 7.97. The van der Waals surface area contributed by atoms with Gasteiger partial charge in [0.15, 0.2) is 0 Å². The quantitative estimate of drug-likeness (QED) is 0.645. The minimum absolute atomic E-state index is 0.399. The number of benzene rings is 1. The maximum Gasteiger partial charge on any atom is 0.313 e. The lowest BCUT2D eigenvalue weighted by Crippen LogP contribution is -3.14. The van der Waals surface area contributed by atoms with Crippen LogP contribution in [0.4, 0.5) is 5.69 Å². The van der Waals surface area contributed by atoms with E-state index in [0.29, 0.717) is 17.3 Å². The molecule has 6 nitrogen and oxygen atoms in total. The monoisotopic (exact) mass is 312 g/mol. The molecule has 0 atom stereocenters. The number of carbonyl (C=O) groups excluding carboxylic acids is 2. The summed E-state index contributed by atoms with van der Waals surface area (Å²) >= 11 is 5.92. The van der Waals surface area contributed by atoms with E-state index in [0.717, 1.165) is 32.8 Å². The minimum atomic E-state index is -0.708. The Morgan fingerprint density at radius 3 is 2.62 bits per heavy atom. The summed E-state index contributed by atoms with van der Waals surface area (Å²) in [4.78, 5) is 24.8. The van der Waals surface area contributed by atoms with Gasteiger partial charge in [0.25, 0.3) is 0 Å². The van der Waals surface area contributed by atoms with Gasteiger partial charge < -0.3 is 20.3 Å². The van der Waals surface area contributed by atoms with Crippen molar-refractivity contribution in [3.8, 4) is 0 Å². The van der Waals surface area contributed by atoms with E-state index in [1.165, 1.54) is 4.90 Å². The van der Waals surface area contributed by atoms with Gasteiger partial charge in [0.1, 0.15) is 13.1 Å². The van der Waals surface area contributed by atoms with Crippen molar-refractivity contribution in [3.63, 3.8) is 0 Å². The zero-order valence-corrected chi connectivity index (χ0v) is 12.4. The molecule has 0 aliphatic carbocycles. The van der Waals surface area contributed by atoms with Crippen molar-refractivity contribution in [1.29, 1.82) is 0 Å². The summed E-state index contributed by atoms with van der Waals surface area (Å²) in [5.74, 6) is -1.36. The van der Waals surface area contributed by atoms with Gasteiger partial charge in [0, 0.05) is 0 Å². The first-order valence-corrected chi connectivity index (χ1v) is 7.29. The summed E-state index contributed by atoms with van der Waals surface area (Å²) in [6.45, 7) is 4.61. The van der Waals surface area contributed by atoms with E-state index in [4.69, 9.17) is 16.3 Å². The molecule has 0 radical (unpaired) electrons. The molecule has 1 saturated heterocycles. The number of amides is 2. The first-order valence-electron chi connectivity index (χ1n) is 6.92. The van der Waals surface area contributed by atoms with E-state index in [9.17, 15) is 9.59 Å². The zero-order chi connectivity index (χ0) is 15.1. The van der Waals surface area contributed by atoms with Gasteiger partial charge in [-0.15, -0.1) is 0 Å². The molecule has 0 spiro atoms. The Balaban J connectivity index is 1.72. The number of para-hydroxylation sites is 1. The number of ether oxygens (including phenoxy) is 1. The topological polar surface area (TPSA) is 71.9 Å². The molecule has 0 saturated carbocycles. The van der Waals surface area contributed by atoms with Crippen LogP contribution in [0.5, 0.6) is 0 Å². The largest absolute Gasteiger partial charge is 0.370 e. The van der Waals surface area contributed by atoms with Crippen LogP contribution in [0.25, 0.3) is 0 Å². The van der Waals surface area contributed by atoms with E-state index in [2.05, 4.69) is 10.6 Å². The van der Waals surface area contributed by atoms with E-state index < -0.39 is 11.8 Å². The van der Waals surface area contributed by atoms with Gasteiger partial charge in [-0.25, -0.2) is 0 Å². The summed E-state index contributed by atoms with van der Waals surface area (Å²) < 4.78 is 5.26. The van der Waals surface area contributed by atoms with Crippen molar-refractivity contribution in [1.82, 2.24) is 5.32 Å². The molecule has 0 unspecified atom stereocenters. The molecule has 7 heteroatoms. The molecule has 1 aliphatic rings. The molecule has 3 N–H and O–H groups in total. The molecule has 1 aliphatic heterocycles. The van der Waals surface area contributed by atoms with E-state index in [1.807, 2.05) is 0 Å².